The van der Waals surface area contributed by atoms with Gasteiger partial charge in [0.1, 0.15) is 4.90 Å². The van der Waals surface area contributed by atoms with Crippen LogP contribution in [0.25, 0.3) is 21.3 Å². The molecule has 7 nitrogen and oxygen atoms in total. The monoisotopic (exact) mass is 538 g/mol. The summed E-state index contributed by atoms with van der Waals surface area (Å²) in [6.07, 6.45) is 4.27. The van der Waals surface area contributed by atoms with E-state index in [2.05, 4.69) is 19.9 Å². The second kappa shape index (κ2) is 9.42. The first-order valence-electron chi connectivity index (χ1n) is 11.1. The van der Waals surface area contributed by atoms with E-state index in [1.54, 1.807) is 38.2 Å². The minimum atomic E-state index is -3.89. The van der Waals surface area contributed by atoms with Crippen LogP contribution in [0.2, 0.25) is 5.02 Å². The van der Waals surface area contributed by atoms with Crippen LogP contribution in [0, 0.1) is 0 Å². The van der Waals surface area contributed by atoms with Crippen molar-refractivity contribution in [2.75, 3.05) is 0 Å². The second-order valence-electron chi connectivity index (χ2n) is 8.87. The molecule has 36 heavy (non-hydrogen) atoms. The predicted octanol–water partition coefficient (Wildman–Crippen LogP) is 5.64. The Labute approximate surface area is 217 Å². The maximum atomic E-state index is 13.2. The Balaban J connectivity index is 1.65. The first-order valence-corrected chi connectivity index (χ1v) is 13.8. The molecule has 5 rings (SSSR count). The maximum Gasteiger partial charge on any atom is 0.244 e. The Morgan fingerprint density at radius 1 is 1.11 bits per heavy atom. The molecule has 0 aliphatic carbocycles. The van der Waals surface area contributed by atoms with Gasteiger partial charge in [-0.3, -0.25) is 10.1 Å². The zero-order valence-electron chi connectivity index (χ0n) is 19.4. The van der Waals surface area contributed by atoms with Crippen molar-refractivity contribution in [1.82, 2.24) is 19.9 Å². The predicted molar refractivity (Wildman–Crippen MR) is 143 cm³/mol. The average Bonchev–Trinajstić information content (AvgIpc) is 3.53. The van der Waals surface area contributed by atoms with Crippen molar-refractivity contribution in [3.63, 3.8) is 0 Å². The first-order chi connectivity index (χ1) is 17.1. The van der Waals surface area contributed by atoms with E-state index in [4.69, 9.17) is 11.6 Å². The molecule has 1 unspecified atom stereocenters. The van der Waals surface area contributed by atoms with Crippen LogP contribution in [-0.2, 0) is 15.6 Å². The van der Waals surface area contributed by atoms with E-state index in [1.165, 1.54) is 23.7 Å². The summed E-state index contributed by atoms with van der Waals surface area (Å²) in [4.78, 5) is 5.36. The molecule has 0 radical (unpaired) electrons. The number of aromatic nitrogens is 3. The summed E-state index contributed by atoms with van der Waals surface area (Å²) in [5.74, 6) is 0. The lowest BCUT2D eigenvalue weighted by Gasteiger charge is -2.19. The van der Waals surface area contributed by atoms with E-state index < -0.39 is 21.7 Å². The number of hydrogen-bond donors (Lipinski definition) is 3. The summed E-state index contributed by atoms with van der Waals surface area (Å²) in [6.45, 7) is 3.46. The normalized spacial score (nSPS) is 13.2. The van der Waals surface area contributed by atoms with Gasteiger partial charge in [-0.05, 0) is 54.6 Å². The van der Waals surface area contributed by atoms with E-state index in [1.807, 2.05) is 42.5 Å². The molecule has 0 saturated heterocycles. The van der Waals surface area contributed by atoms with Crippen molar-refractivity contribution in [3.8, 4) is 11.3 Å². The topological polar surface area (TPSA) is 108 Å². The van der Waals surface area contributed by atoms with Crippen LogP contribution < -0.4 is 4.72 Å². The highest BCUT2D eigenvalue weighted by atomic mass is 35.5. The summed E-state index contributed by atoms with van der Waals surface area (Å²) in [7, 11) is -3.89. The number of hydrogen-bond acceptors (Lipinski definition) is 6. The van der Waals surface area contributed by atoms with Gasteiger partial charge in [-0.2, -0.15) is 9.82 Å². The SMILES string of the molecule is CC(C)(O)c1ccnc(-c2cccc3cc(C(NS(=O)(=O)c4cn[nH]c4)c4ccccc4Cl)sc23)c1. The van der Waals surface area contributed by atoms with E-state index >= 15 is 0 Å². The highest BCUT2D eigenvalue weighted by molar-refractivity contribution is 7.89. The standard InChI is InChI=1S/C26H23ClN4O3S2/c1-26(2,32)17-10-11-28-22(13-17)20-8-5-6-16-12-23(35-25(16)20)24(19-7-3-4-9-21(19)27)31-36(33,34)18-14-29-30-15-18/h3-15,24,31-32H,1-2H3,(H,29,30). The van der Waals surface area contributed by atoms with E-state index in [-0.39, 0.29) is 4.90 Å². The van der Waals surface area contributed by atoms with Gasteiger partial charge in [0.25, 0.3) is 0 Å². The molecule has 0 bridgehead atoms. The van der Waals surface area contributed by atoms with Gasteiger partial charge >= 0.3 is 0 Å². The summed E-state index contributed by atoms with van der Waals surface area (Å²) < 4.78 is 30.1. The molecule has 0 saturated carbocycles. The summed E-state index contributed by atoms with van der Waals surface area (Å²) >= 11 is 8.00. The second-order valence-corrected chi connectivity index (χ2v) is 12.1. The van der Waals surface area contributed by atoms with Crippen LogP contribution >= 0.6 is 22.9 Å². The number of sulfonamides is 1. The number of thiophene rings is 1. The molecule has 1 atom stereocenters. The van der Waals surface area contributed by atoms with Gasteiger partial charge in [-0.1, -0.05) is 48.0 Å². The van der Waals surface area contributed by atoms with E-state index in [9.17, 15) is 13.5 Å². The van der Waals surface area contributed by atoms with Gasteiger partial charge in [-0.25, -0.2) is 8.42 Å². The molecule has 3 N–H and O–H groups in total. The van der Waals surface area contributed by atoms with Crippen molar-refractivity contribution < 1.29 is 13.5 Å². The van der Waals surface area contributed by atoms with Crippen molar-refractivity contribution in [1.29, 1.82) is 0 Å². The number of nitrogens with one attached hydrogen (secondary N) is 2. The van der Waals surface area contributed by atoms with Crippen molar-refractivity contribution in [2.24, 2.45) is 0 Å². The van der Waals surface area contributed by atoms with Crippen LogP contribution in [-0.4, -0.2) is 28.7 Å². The summed E-state index contributed by atoms with van der Waals surface area (Å²) in [5, 5.41) is 18.2. The molecule has 0 aliphatic heterocycles. The zero-order chi connectivity index (χ0) is 25.5. The molecule has 0 fully saturated rings. The quantitative estimate of drug-likeness (QED) is 0.249. The van der Waals surface area contributed by atoms with Crippen LogP contribution in [0.1, 0.15) is 35.9 Å². The number of benzene rings is 2. The van der Waals surface area contributed by atoms with Crippen molar-refractivity contribution in [3.05, 3.63) is 100 Å². The Kier molecular flexibility index (Phi) is 6.44. The van der Waals surface area contributed by atoms with Gasteiger partial charge in [0, 0.05) is 32.6 Å². The molecule has 3 heterocycles. The number of aliphatic hydroxyl groups is 1. The Bertz CT molecular complexity index is 1640. The van der Waals surface area contributed by atoms with Gasteiger partial charge < -0.3 is 5.11 Å². The van der Waals surface area contributed by atoms with Crippen LogP contribution in [0.5, 0.6) is 0 Å². The third-order valence-corrected chi connectivity index (χ3v) is 8.85. The largest absolute Gasteiger partial charge is 0.386 e. The molecule has 10 heteroatoms. The average molecular weight is 539 g/mol. The molecule has 0 aliphatic rings. The van der Waals surface area contributed by atoms with Gasteiger partial charge in [0.2, 0.25) is 10.0 Å². The van der Waals surface area contributed by atoms with Crippen LogP contribution in [0.3, 0.4) is 0 Å². The fraction of sp³-hybridized carbons (Fsp3) is 0.154. The number of pyridine rings is 1. The highest BCUT2D eigenvalue weighted by Crippen LogP contribution is 2.40. The third-order valence-electron chi connectivity index (χ3n) is 5.86. The Morgan fingerprint density at radius 3 is 2.64 bits per heavy atom. The zero-order valence-corrected chi connectivity index (χ0v) is 21.8. The van der Waals surface area contributed by atoms with Crippen molar-refractivity contribution >= 4 is 43.0 Å². The Hall–Kier alpha value is -3.08. The fourth-order valence-electron chi connectivity index (χ4n) is 3.98. The molecular weight excluding hydrogens is 516 g/mol. The number of aromatic amines is 1. The summed E-state index contributed by atoms with van der Waals surface area (Å²) in [5.41, 5.74) is 2.00. The lowest BCUT2D eigenvalue weighted by Crippen LogP contribution is -2.29. The molecule has 5 aromatic rings. The lowest BCUT2D eigenvalue weighted by atomic mass is 9.97. The number of H-pyrrole nitrogens is 1. The maximum absolute atomic E-state index is 13.2. The number of rotatable bonds is 7. The molecule has 0 amide bonds. The van der Waals surface area contributed by atoms with Crippen LogP contribution in [0.4, 0.5) is 0 Å². The van der Waals surface area contributed by atoms with Crippen molar-refractivity contribution in [2.45, 2.75) is 30.4 Å². The molecule has 0 spiro atoms. The van der Waals surface area contributed by atoms with E-state index in [0.717, 1.165) is 31.8 Å². The molecule has 3 aromatic heterocycles. The number of nitrogens with zero attached hydrogens (tertiary/aromatic N) is 2. The molecule has 184 valence electrons. The van der Waals surface area contributed by atoms with Gasteiger partial charge in [-0.15, -0.1) is 11.3 Å². The third kappa shape index (κ3) is 4.80. The molecule has 2 aromatic carbocycles. The minimum absolute atomic E-state index is 0.0361. The summed E-state index contributed by atoms with van der Waals surface area (Å²) in [6, 6.07) is 18.0. The van der Waals surface area contributed by atoms with E-state index in [0.29, 0.717) is 10.6 Å². The smallest absolute Gasteiger partial charge is 0.244 e. The number of fused-ring (bicyclic) bond motifs is 1. The van der Waals surface area contributed by atoms with Gasteiger partial charge in [0.05, 0.1) is 23.5 Å². The number of halogens is 1. The molecular formula is C26H23ClN4O3S2. The van der Waals surface area contributed by atoms with Crippen LogP contribution in [0.15, 0.2) is 84.1 Å². The first kappa shape index (κ1) is 24.6. The highest BCUT2D eigenvalue weighted by Gasteiger charge is 2.27. The van der Waals surface area contributed by atoms with Gasteiger partial charge in [0.15, 0.2) is 0 Å². The Morgan fingerprint density at radius 2 is 1.92 bits per heavy atom. The minimum Gasteiger partial charge on any atom is -0.386 e. The fourth-order valence-corrected chi connectivity index (χ4v) is 6.65. The lowest BCUT2D eigenvalue weighted by molar-refractivity contribution is 0.0785.